The Morgan fingerprint density at radius 2 is 1.73 bits per heavy atom. The van der Waals surface area contributed by atoms with Crippen molar-refractivity contribution in [1.29, 1.82) is 0 Å². The van der Waals surface area contributed by atoms with E-state index in [4.69, 9.17) is 0 Å². The third-order valence-electron chi connectivity index (χ3n) is 4.80. The number of hydrogen-bond acceptors (Lipinski definition) is 3. The number of carbonyl (C=O) groups is 1. The molecule has 5 nitrogen and oxygen atoms in total. The topological polar surface area (TPSA) is 74.0 Å². The summed E-state index contributed by atoms with van der Waals surface area (Å²) in [6.45, 7) is 1.69. The van der Waals surface area contributed by atoms with E-state index >= 15 is 0 Å². The van der Waals surface area contributed by atoms with Crippen LogP contribution in [0.2, 0.25) is 0 Å². The van der Waals surface area contributed by atoms with Crippen LogP contribution < -0.4 is 16.4 Å². The van der Waals surface area contributed by atoms with Gasteiger partial charge in [0.15, 0.2) is 0 Å². The van der Waals surface area contributed by atoms with Crippen molar-refractivity contribution in [2.75, 3.05) is 5.43 Å². The highest BCUT2D eigenvalue weighted by Crippen LogP contribution is 2.27. The standard InChI is InChI=1S/C23H17F2N3O2/c1-13-10-16(24)3-6-18(13)20-5-2-15(12-21(20)25)22(29)28-27-17-4-7-19-14(11-17)8-9-26-23(19)30/h2-12,27H,1H3,(H,26,30)(H,28,29). The number of fused-ring (bicyclic) bond motifs is 1. The molecule has 0 saturated heterocycles. The van der Waals surface area contributed by atoms with E-state index in [0.29, 0.717) is 27.6 Å². The summed E-state index contributed by atoms with van der Waals surface area (Å²) in [4.78, 5) is 26.7. The minimum Gasteiger partial charge on any atom is -0.329 e. The van der Waals surface area contributed by atoms with Crippen molar-refractivity contribution in [3.05, 3.63) is 100.0 Å². The van der Waals surface area contributed by atoms with Crippen LogP contribution in [0.5, 0.6) is 0 Å². The number of rotatable bonds is 4. The predicted molar refractivity (Wildman–Crippen MR) is 112 cm³/mol. The molecule has 0 aliphatic carbocycles. The van der Waals surface area contributed by atoms with Crippen LogP contribution >= 0.6 is 0 Å². The summed E-state index contributed by atoms with van der Waals surface area (Å²) in [6.07, 6.45) is 1.54. The normalized spacial score (nSPS) is 10.8. The largest absolute Gasteiger partial charge is 0.329 e. The van der Waals surface area contributed by atoms with Gasteiger partial charge in [-0.3, -0.25) is 20.4 Å². The Morgan fingerprint density at radius 3 is 2.50 bits per heavy atom. The van der Waals surface area contributed by atoms with Gasteiger partial charge in [0.1, 0.15) is 11.6 Å². The quantitative estimate of drug-likeness (QED) is 0.437. The minimum absolute atomic E-state index is 0.126. The van der Waals surface area contributed by atoms with Crippen LogP contribution in [0.25, 0.3) is 21.9 Å². The third kappa shape index (κ3) is 3.77. The first-order valence-electron chi connectivity index (χ1n) is 9.16. The number of halogens is 2. The molecule has 1 heterocycles. The molecule has 7 heteroatoms. The van der Waals surface area contributed by atoms with Gasteiger partial charge in [-0.1, -0.05) is 12.1 Å². The molecule has 150 valence electrons. The van der Waals surface area contributed by atoms with E-state index in [1.165, 1.54) is 30.3 Å². The summed E-state index contributed by atoms with van der Waals surface area (Å²) in [5, 5.41) is 1.24. The molecule has 0 bridgehead atoms. The number of hydrazine groups is 1. The smallest absolute Gasteiger partial charge is 0.269 e. The molecule has 3 aromatic carbocycles. The number of carbonyl (C=O) groups excluding carboxylic acids is 1. The van der Waals surface area contributed by atoms with Crippen molar-refractivity contribution in [2.45, 2.75) is 6.92 Å². The molecule has 30 heavy (non-hydrogen) atoms. The van der Waals surface area contributed by atoms with E-state index < -0.39 is 17.5 Å². The second-order valence-electron chi connectivity index (χ2n) is 6.84. The Labute approximate surface area is 170 Å². The molecule has 0 radical (unpaired) electrons. The number of aromatic amines is 1. The lowest BCUT2D eigenvalue weighted by molar-refractivity contribution is 0.0962. The lowest BCUT2D eigenvalue weighted by Gasteiger charge is -2.11. The van der Waals surface area contributed by atoms with Gasteiger partial charge < -0.3 is 4.98 Å². The number of pyridine rings is 1. The first-order chi connectivity index (χ1) is 14.4. The van der Waals surface area contributed by atoms with Crippen LogP contribution in [-0.4, -0.2) is 10.9 Å². The van der Waals surface area contributed by atoms with E-state index in [-0.39, 0.29) is 16.7 Å². The lowest BCUT2D eigenvalue weighted by atomic mass is 9.98. The molecule has 0 unspecified atom stereocenters. The number of benzene rings is 3. The summed E-state index contributed by atoms with van der Waals surface area (Å²) in [5.74, 6) is -1.50. The van der Waals surface area contributed by atoms with Gasteiger partial charge in [-0.25, -0.2) is 8.78 Å². The molecule has 1 amide bonds. The highest BCUT2D eigenvalue weighted by Gasteiger charge is 2.13. The molecule has 0 fully saturated rings. The number of nitrogens with one attached hydrogen (secondary N) is 3. The molecule has 4 rings (SSSR count). The van der Waals surface area contributed by atoms with E-state index in [1.54, 1.807) is 37.4 Å². The Kier molecular flexibility index (Phi) is 5.02. The lowest BCUT2D eigenvalue weighted by Crippen LogP contribution is -2.29. The summed E-state index contributed by atoms with van der Waals surface area (Å²) in [6, 6.07) is 15.0. The first-order valence-corrected chi connectivity index (χ1v) is 9.16. The van der Waals surface area contributed by atoms with Gasteiger partial charge in [-0.15, -0.1) is 0 Å². The van der Waals surface area contributed by atoms with Gasteiger partial charge in [-0.05, 0) is 72.0 Å². The molecule has 1 aromatic heterocycles. The fourth-order valence-electron chi connectivity index (χ4n) is 3.28. The summed E-state index contributed by atoms with van der Waals surface area (Å²) < 4.78 is 27.9. The number of hydrogen-bond donors (Lipinski definition) is 3. The van der Waals surface area contributed by atoms with Crippen molar-refractivity contribution in [3.63, 3.8) is 0 Å². The van der Waals surface area contributed by atoms with Gasteiger partial charge in [0.05, 0.1) is 5.69 Å². The molecule has 0 atom stereocenters. The highest BCUT2D eigenvalue weighted by molar-refractivity contribution is 5.95. The Hall–Kier alpha value is -4.00. The molecule has 0 saturated carbocycles. The zero-order valence-electron chi connectivity index (χ0n) is 15.9. The van der Waals surface area contributed by atoms with Crippen LogP contribution in [0.15, 0.2) is 71.7 Å². The van der Waals surface area contributed by atoms with Gasteiger partial charge in [-0.2, -0.15) is 0 Å². The molecule has 0 aliphatic rings. The maximum atomic E-state index is 14.6. The van der Waals surface area contributed by atoms with E-state index in [2.05, 4.69) is 15.8 Å². The molecule has 0 spiro atoms. The first kappa shape index (κ1) is 19.3. The monoisotopic (exact) mass is 405 g/mol. The van der Waals surface area contributed by atoms with Crippen LogP contribution in [-0.2, 0) is 0 Å². The fraction of sp³-hybridized carbons (Fsp3) is 0.0435. The van der Waals surface area contributed by atoms with E-state index in [9.17, 15) is 18.4 Å². The van der Waals surface area contributed by atoms with E-state index in [1.807, 2.05) is 0 Å². The van der Waals surface area contributed by atoms with Crippen molar-refractivity contribution in [3.8, 4) is 11.1 Å². The van der Waals surface area contributed by atoms with E-state index in [0.717, 1.165) is 6.07 Å². The number of H-pyrrole nitrogens is 1. The number of anilines is 1. The predicted octanol–water partition coefficient (Wildman–Crippen LogP) is 4.54. The number of amides is 1. The van der Waals surface area contributed by atoms with Crippen LogP contribution in [0, 0.1) is 18.6 Å². The zero-order valence-corrected chi connectivity index (χ0v) is 15.9. The fourth-order valence-corrected chi connectivity index (χ4v) is 3.28. The zero-order chi connectivity index (χ0) is 21.3. The summed E-state index contributed by atoms with van der Waals surface area (Å²) in [7, 11) is 0. The Balaban J connectivity index is 1.51. The second-order valence-corrected chi connectivity index (χ2v) is 6.84. The highest BCUT2D eigenvalue weighted by atomic mass is 19.1. The molecular weight excluding hydrogens is 388 g/mol. The average Bonchev–Trinajstić information content (AvgIpc) is 2.72. The average molecular weight is 405 g/mol. The van der Waals surface area contributed by atoms with Crippen molar-refractivity contribution < 1.29 is 13.6 Å². The number of aryl methyl sites for hydroxylation is 1. The maximum Gasteiger partial charge on any atom is 0.269 e. The van der Waals surface area contributed by atoms with Gasteiger partial charge in [0.2, 0.25) is 0 Å². The minimum atomic E-state index is -0.581. The molecular formula is C23H17F2N3O2. The van der Waals surface area contributed by atoms with Crippen LogP contribution in [0.4, 0.5) is 14.5 Å². The Morgan fingerprint density at radius 1 is 0.933 bits per heavy atom. The second kappa shape index (κ2) is 7.79. The SMILES string of the molecule is Cc1cc(F)ccc1-c1ccc(C(=O)NNc2ccc3c(=O)[nH]ccc3c2)cc1F. The van der Waals surface area contributed by atoms with Crippen molar-refractivity contribution >= 4 is 22.4 Å². The maximum absolute atomic E-state index is 14.6. The number of aromatic nitrogens is 1. The Bertz CT molecular complexity index is 1330. The van der Waals surface area contributed by atoms with Crippen molar-refractivity contribution in [1.82, 2.24) is 10.4 Å². The van der Waals surface area contributed by atoms with Gasteiger partial charge in [0.25, 0.3) is 11.5 Å². The third-order valence-corrected chi connectivity index (χ3v) is 4.80. The van der Waals surface area contributed by atoms with Crippen molar-refractivity contribution in [2.24, 2.45) is 0 Å². The molecule has 4 aromatic rings. The van der Waals surface area contributed by atoms with Gasteiger partial charge in [0, 0.05) is 22.7 Å². The molecule has 3 N–H and O–H groups in total. The van der Waals surface area contributed by atoms with Crippen LogP contribution in [0.1, 0.15) is 15.9 Å². The summed E-state index contributed by atoms with van der Waals surface area (Å²) >= 11 is 0. The van der Waals surface area contributed by atoms with Crippen LogP contribution in [0.3, 0.4) is 0 Å². The summed E-state index contributed by atoms with van der Waals surface area (Å²) in [5.41, 5.74) is 7.21. The van der Waals surface area contributed by atoms with Gasteiger partial charge >= 0.3 is 0 Å². The molecule has 0 aliphatic heterocycles.